The normalized spacial score (nSPS) is 24.2. The molecule has 2 aromatic carbocycles. The molecule has 0 saturated carbocycles. The van der Waals surface area contributed by atoms with E-state index in [2.05, 4.69) is 15.0 Å². The van der Waals surface area contributed by atoms with Crippen molar-refractivity contribution in [1.82, 2.24) is 20.0 Å². The fourth-order valence-corrected chi connectivity index (χ4v) is 6.75. The lowest BCUT2D eigenvalue weighted by Crippen LogP contribution is -2.46. The Labute approximate surface area is 286 Å². The Morgan fingerprint density at radius 3 is 2.74 bits per heavy atom. The number of hydrogen-bond acceptors (Lipinski definition) is 6. The second-order valence-corrected chi connectivity index (χ2v) is 13.4. The number of ether oxygens (including phenoxy) is 1. The molecule has 0 radical (unpaired) electrons. The van der Waals surface area contributed by atoms with Gasteiger partial charge >= 0.3 is 5.97 Å². The minimum atomic E-state index is -3.38. The van der Waals surface area contributed by atoms with Crippen molar-refractivity contribution in [3.05, 3.63) is 106 Å². The number of nitrogens with one attached hydrogen (secondary N) is 2. The minimum Gasteiger partial charge on any atom is -0.483 e. The van der Waals surface area contributed by atoms with Gasteiger partial charge in [-0.1, -0.05) is 37.6 Å². The van der Waals surface area contributed by atoms with Gasteiger partial charge in [0.2, 0.25) is 0 Å². The third kappa shape index (κ3) is 7.00. The topological polar surface area (TPSA) is 146 Å². The van der Waals surface area contributed by atoms with Crippen LogP contribution in [0.1, 0.15) is 56.4 Å². The maximum absolute atomic E-state index is 15.7. The molecule has 4 unspecified atom stereocenters. The van der Waals surface area contributed by atoms with Crippen LogP contribution in [0.15, 0.2) is 72.8 Å². The highest BCUT2D eigenvalue weighted by Crippen LogP contribution is 2.39. The first-order valence-corrected chi connectivity index (χ1v) is 16.5. The smallest absolute Gasteiger partial charge is 0.306 e. The van der Waals surface area contributed by atoms with Crippen LogP contribution in [0.3, 0.4) is 0 Å². The van der Waals surface area contributed by atoms with Crippen molar-refractivity contribution in [3.63, 3.8) is 0 Å². The summed E-state index contributed by atoms with van der Waals surface area (Å²) < 4.78 is 68.1. The second-order valence-electron chi connectivity index (χ2n) is 13.4. The van der Waals surface area contributed by atoms with Gasteiger partial charge in [0.15, 0.2) is 12.3 Å². The molecule has 0 amide bonds. The van der Waals surface area contributed by atoms with E-state index in [-0.39, 0.29) is 30.1 Å². The van der Waals surface area contributed by atoms with Gasteiger partial charge in [-0.2, -0.15) is 8.78 Å². The van der Waals surface area contributed by atoms with Crippen molar-refractivity contribution in [2.75, 3.05) is 6.54 Å². The molecule has 50 heavy (non-hydrogen) atoms. The number of aliphatic carboxylic acids is 1. The molecule has 2 aliphatic rings. The van der Waals surface area contributed by atoms with Gasteiger partial charge in [0, 0.05) is 52.3 Å². The molecule has 3 heterocycles. The van der Waals surface area contributed by atoms with Crippen LogP contribution in [-0.2, 0) is 16.6 Å². The van der Waals surface area contributed by atoms with E-state index in [4.69, 9.17) is 16.3 Å². The maximum Gasteiger partial charge on any atom is 0.306 e. The number of alkyl halides is 3. The number of halogens is 4. The first-order valence-electron chi connectivity index (χ1n) is 16.5. The molecular weight excluding hydrogens is 652 g/mol. The molecule has 1 aliphatic heterocycles. The average Bonchev–Trinajstić information content (AvgIpc) is 3.76. The highest BCUT2D eigenvalue weighted by Gasteiger charge is 2.36. The van der Waals surface area contributed by atoms with Crippen LogP contribution in [0.2, 0.25) is 0 Å². The Morgan fingerprint density at radius 1 is 1.18 bits per heavy atom. The zero-order valence-electron chi connectivity index (χ0n) is 27.7. The van der Waals surface area contributed by atoms with Gasteiger partial charge in [0.05, 0.1) is 23.7 Å². The summed E-state index contributed by atoms with van der Waals surface area (Å²) in [5.41, 5.74) is 7.06. The van der Waals surface area contributed by atoms with Crippen molar-refractivity contribution < 1.29 is 32.2 Å². The molecule has 0 saturated heterocycles. The van der Waals surface area contributed by atoms with Crippen molar-refractivity contribution in [3.8, 4) is 17.1 Å². The van der Waals surface area contributed by atoms with Crippen LogP contribution in [-0.4, -0.2) is 55.8 Å². The molecule has 4 atom stereocenters. The zero-order valence-corrected chi connectivity index (χ0v) is 27.7. The van der Waals surface area contributed by atoms with Gasteiger partial charge in [-0.25, -0.2) is 19.6 Å². The maximum atomic E-state index is 15.7. The van der Waals surface area contributed by atoms with E-state index in [0.717, 1.165) is 22.3 Å². The van der Waals surface area contributed by atoms with Crippen LogP contribution in [0.4, 0.5) is 17.6 Å². The number of aromatic nitrogens is 3. The standard InChI is InChI=1S/C37H40F4N6O3/c1-21(35(48)49)14-22-6-5-7-23(15-22)36(2)11-3-4-12-37(40,41)31(42)20-47(43)19-27-25-10-13-44-30(25)17-29(39)33(27)50-24-8-9-28(38)26(16-24)34-45-18-32(36)46-34/h5-10,13,15-18,20-21,29,33,44H,3-4,11-12,14,19,42-43H2,1-2H3,(H,45,46)(H,48,49)/b31-20-. The number of nitrogens with zero attached hydrogens (tertiary/aromatic N) is 2. The van der Waals surface area contributed by atoms with Crippen LogP contribution in [0, 0.1) is 11.7 Å². The van der Waals surface area contributed by atoms with Gasteiger partial charge in [0.1, 0.15) is 17.4 Å². The molecule has 6 rings (SSSR count). The van der Waals surface area contributed by atoms with E-state index in [0.29, 0.717) is 41.1 Å². The lowest BCUT2D eigenvalue weighted by atomic mass is 9.75. The fourth-order valence-electron chi connectivity index (χ4n) is 6.75. The number of carbonyl (C=O) groups is 1. The largest absolute Gasteiger partial charge is 0.483 e. The third-order valence-corrected chi connectivity index (χ3v) is 9.74. The number of fused-ring (bicyclic) bond motifs is 7. The van der Waals surface area contributed by atoms with E-state index in [1.54, 1.807) is 25.4 Å². The van der Waals surface area contributed by atoms with Crippen LogP contribution in [0.25, 0.3) is 23.0 Å². The Balaban J connectivity index is 1.44. The Bertz CT molecular complexity index is 2040. The van der Waals surface area contributed by atoms with E-state index in [1.807, 2.05) is 31.2 Å². The summed E-state index contributed by atoms with van der Waals surface area (Å²) in [6.45, 7) is 3.39. The summed E-state index contributed by atoms with van der Waals surface area (Å²) in [4.78, 5) is 22.3. The second kappa shape index (κ2) is 13.7. The number of H-pyrrole nitrogens is 2. The van der Waals surface area contributed by atoms with Crippen molar-refractivity contribution in [1.29, 1.82) is 0 Å². The fraction of sp³-hybridized carbons (Fsp3) is 0.351. The van der Waals surface area contributed by atoms with Gasteiger partial charge in [-0.3, -0.25) is 4.79 Å². The number of hydrazine groups is 1. The van der Waals surface area contributed by atoms with Crippen molar-refractivity contribution in [2.45, 2.75) is 69.6 Å². The predicted octanol–water partition coefficient (Wildman–Crippen LogP) is 5.03. The van der Waals surface area contributed by atoms with Crippen molar-refractivity contribution in [2.24, 2.45) is 17.5 Å². The Morgan fingerprint density at radius 2 is 1.96 bits per heavy atom. The average molecular weight is 693 g/mol. The monoisotopic (exact) mass is 692 g/mol. The van der Waals surface area contributed by atoms with Crippen LogP contribution < -0.4 is 26.9 Å². The Kier molecular flexibility index (Phi) is 9.54. The highest BCUT2D eigenvalue weighted by atomic mass is 19.3. The number of hydrogen-bond donors (Lipinski definition) is 5. The number of benzene rings is 2. The number of imidazole rings is 1. The molecule has 9 nitrogen and oxygen atoms in total. The van der Waals surface area contributed by atoms with Crippen LogP contribution in [0.5, 0.6) is 5.75 Å². The third-order valence-electron chi connectivity index (χ3n) is 9.74. The SMILES string of the molecule is CC(Cc1cccc(C2(C)CCCCC(F)(F)/C(N)=C/N(N)CC3=c4cc[nH]c4=CC(F)C3Oc3ccc(F)c(c3)-c3ncc2[nH]3)c1)C(=O)O. The number of allylic oxidation sites excluding steroid dienone is 1. The van der Waals surface area contributed by atoms with E-state index in [9.17, 15) is 9.90 Å². The highest BCUT2D eigenvalue weighted by molar-refractivity contribution is 5.70. The summed E-state index contributed by atoms with van der Waals surface area (Å²) in [7, 11) is 0. The summed E-state index contributed by atoms with van der Waals surface area (Å²) in [6.07, 6.45) is 3.28. The minimum absolute atomic E-state index is 0.0907. The van der Waals surface area contributed by atoms with Gasteiger partial charge in [-0.05, 0) is 67.7 Å². The van der Waals surface area contributed by atoms with E-state index < -0.39 is 53.4 Å². The quantitative estimate of drug-likeness (QED) is 0.149. The first kappa shape index (κ1) is 34.8. The molecule has 4 aromatic rings. The lowest BCUT2D eigenvalue weighted by Gasteiger charge is -2.30. The van der Waals surface area contributed by atoms with Gasteiger partial charge in [-0.15, -0.1) is 0 Å². The van der Waals surface area contributed by atoms with Crippen LogP contribution >= 0.6 is 0 Å². The lowest BCUT2D eigenvalue weighted by molar-refractivity contribution is -0.141. The summed E-state index contributed by atoms with van der Waals surface area (Å²) >= 11 is 0. The molecule has 0 fully saturated rings. The first-order chi connectivity index (χ1) is 23.7. The van der Waals surface area contributed by atoms with E-state index >= 15 is 17.6 Å². The van der Waals surface area contributed by atoms with E-state index in [1.165, 1.54) is 24.3 Å². The molecule has 0 spiro atoms. The molecule has 13 heteroatoms. The molecule has 264 valence electrons. The summed E-state index contributed by atoms with van der Waals surface area (Å²) in [5.74, 6) is 1.04. The predicted molar refractivity (Wildman–Crippen MR) is 181 cm³/mol. The molecular formula is C37H40F4N6O3. The van der Waals surface area contributed by atoms with Crippen molar-refractivity contribution >= 4 is 17.6 Å². The summed E-state index contributed by atoms with van der Waals surface area (Å²) in [6, 6.07) is 13.2. The molecule has 1 aliphatic carbocycles. The Hall–Kier alpha value is -5.04. The molecule has 7 N–H and O–H groups in total. The number of carboxylic acid groups (broad SMARTS) is 1. The number of aromatic amines is 2. The van der Waals surface area contributed by atoms with Gasteiger partial charge < -0.3 is 30.6 Å². The number of rotatable bonds is 4. The van der Waals surface area contributed by atoms with Gasteiger partial charge in [0.25, 0.3) is 5.92 Å². The number of carboxylic acids is 1. The zero-order chi connectivity index (χ0) is 35.8. The summed E-state index contributed by atoms with van der Waals surface area (Å²) in [5, 5.41) is 11.6. The number of nitrogens with two attached hydrogens (primary N) is 2. The molecule has 2 aromatic heterocycles. The molecule has 4 bridgehead atoms.